The van der Waals surface area contributed by atoms with E-state index >= 15 is 0 Å². The van der Waals surface area contributed by atoms with Gasteiger partial charge in [-0.15, -0.1) is 0 Å². The first kappa shape index (κ1) is 15.8. The third-order valence-electron chi connectivity index (χ3n) is 3.45. The Kier molecular flexibility index (Phi) is 6.12. The SMILES string of the molecule is CNC(C)c1ccc(N(C)CCCN(C)C)cc1O. The van der Waals surface area contributed by atoms with Crippen LogP contribution in [-0.4, -0.2) is 51.3 Å². The maximum absolute atomic E-state index is 10.1. The number of hydrogen-bond acceptors (Lipinski definition) is 4. The number of phenols is 1. The summed E-state index contributed by atoms with van der Waals surface area (Å²) in [5.41, 5.74) is 2.00. The second-order valence-corrected chi connectivity index (χ2v) is 5.33. The van der Waals surface area contributed by atoms with E-state index in [9.17, 15) is 5.11 Å². The minimum atomic E-state index is 0.160. The number of benzene rings is 1. The summed E-state index contributed by atoms with van der Waals surface area (Å²) in [7, 11) is 8.12. The third-order valence-corrected chi connectivity index (χ3v) is 3.45. The lowest BCUT2D eigenvalue weighted by molar-refractivity contribution is 0.401. The molecule has 19 heavy (non-hydrogen) atoms. The van der Waals surface area contributed by atoms with Crippen LogP contribution in [0.5, 0.6) is 5.75 Å². The van der Waals surface area contributed by atoms with E-state index in [1.807, 2.05) is 26.1 Å². The van der Waals surface area contributed by atoms with E-state index in [0.717, 1.165) is 30.8 Å². The van der Waals surface area contributed by atoms with Crippen molar-refractivity contribution in [2.24, 2.45) is 0 Å². The van der Waals surface area contributed by atoms with Gasteiger partial charge in [-0.05, 0) is 47.1 Å². The summed E-state index contributed by atoms with van der Waals surface area (Å²) in [6, 6.07) is 6.07. The lowest BCUT2D eigenvalue weighted by Gasteiger charge is -2.22. The van der Waals surface area contributed by atoms with Gasteiger partial charge in [-0.1, -0.05) is 6.07 Å². The van der Waals surface area contributed by atoms with Gasteiger partial charge in [0.25, 0.3) is 0 Å². The molecule has 0 spiro atoms. The topological polar surface area (TPSA) is 38.7 Å². The Bertz CT molecular complexity index is 393. The molecule has 0 heterocycles. The summed E-state index contributed by atoms with van der Waals surface area (Å²) < 4.78 is 0. The molecular weight excluding hydrogens is 238 g/mol. The number of nitrogens with one attached hydrogen (secondary N) is 1. The van der Waals surface area contributed by atoms with Gasteiger partial charge in [-0.3, -0.25) is 0 Å². The number of rotatable bonds is 7. The largest absolute Gasteiger partial charge is 0.508 e. The Morgan fingerprint density at radius 3 is 2.42 bits per heavy atom. The lowest BCUT2D eigenvalue weighted by atomic mass is 10.1. The van der Waals surface area contributed by atoms with Crippen LogP contribution in [-0.2, 0) is 0 Å². The van der Waals surface area contributed by atoms with Crippen molar-refractivity contribution in [1.82, 2.24) is 10.2 Å². The maximum atomic E-state index is 10.1. The maximum Gasteiger partial charge on any atom is 0.122 e. The fourth-order valence-corrected chi connectivity index (χ4v) is 2.04. The fraction of sp³-hybridized carbons (Fsp3) is 0.600. The molecule has 108 valence electrons. The minimum absolute atomic E-state index is 0.160. The highest BCUT2D eigenvalue weighted by Crippen LogP contribution is 2.28. The summed E-state index contributed by atoms with van der Waals surface area (Å²) in [6.07, 6.45) is 1.11. The third kappa shape index (κ3) is 4.73. The average Bonchev–Trinajstić information content (AvgIpc) is 2.37. The molecule has 4 heteroatoms. The van der Waals surface area contributed by atoms with E-state index in [1.54, 1.807) is 0 Å². The van der Waals surface area contributed by atoms with Crippen LogP contribution in [0.1, 0.15) is 24.9 Å². The van der Waals surface area contributed by atoms with Crippen LogP contribution in [0.25, 0.3) is 0 Å². The molecule has 0 aromatic heterocycles. The van der Waals surface area contributed by atoms with Gasteiger partial charge in [0.2, 0.25) is 0 Å². The molecule has 1 atom stereocenters. The van der Waals surface area contributed by atoms with E-state index in [1.165, 1.54) is 0 Å². The number of phenolic OH excluding ortho intramolecular Hbond substituents is 1. The van der Waals surface area contributed by atoms with Crippen LogP contribution >= 0.6 is 0 Å². The van der Waals surface area contributed by atoms with Crippen molar-refractivity contribution >= 4 is 5.69 Å². The van der Waals surface area contributed by atoms with Crippen LogP contribution in [0.4, 0.5) is 5.69 Å². The highest BCUT2D eigenvalue weighted by molar-refractivity contribution is 5.53. The Balaban J connectivity index is 2.66. The number of hydrogen-bond donors (Lipinski definition) is 2. The van der Waals surface area contributed by atoms with E-state index in [4.69, 9.17) is 0 Å². The summed E-state index contributed by atoms with van der Waals surface area (Å²) in [5, 5.41) is 13.2. The van der Waals surface area contributed by atoms with Crippen LogP contribution in [0, 0.1) is 0 Å². The van der Waals surface area contributed by atoms with Crippen molar-refractivity contribution in [3.63, 3.8) is 0 Å². The van der Waals surface area contributed by atoms with Gasteiger partial charge in [0, 0.05) is 37.0 Å². The van der Waals surface area contributed by atoms with Crippen LogP contribution in [0.2, 0.25) is 0 Å². The van der Waals surface area contributed by atoms with Gasteiger partial charge in [0.05, 0.1) is 0 Å². The molecule has 1 aromatic carbocycles. The molecule has 0 fully saturated rings. The van der Waals surface area contributed by atoms with Crippen molar-refractivity contribution < 1.29 is 5.11 Å². The molecule has 2 N–H and O–H groups in total. The van der Waals surface area contributed by atoms with Crippen molar-refractivity contribution in [2.75, 3.05) is 46.2 Å². The number of aromatic hydroxyl groups is 1. The summed E-state index contributed by atoms with van der Waals surface area (Å²) in [5.74, 6) is 0.360. The van der Waals surface area contributed by atoms with Gasteiger partial charge in [-0.2, -0.15) is 0 Å². The summed E-state index contributed by atoms with van der Waals surface area (Å²) in [4.78, 5) is 4.36. The Labute approximate surface area is 117 Å². The molecule has 0 aliphatic heterocycles. The number of nitrogens with zero attached hydrogens (tertiary/aromatic N) is 2. The van der Waals surface area contributed by atoms with Gasteiger partial charge in [-0.25, -0.2) is 0 Å². The standard InChI is InChI=1S/C15H27N3O/c1-12(16-2)14-8-7-13(11-15(14)19)18(5)10-6-9-17(3)4/h7-8,11-12,16,19H,6,9-10H2,1-5H3. The smallest absolute Gasteiger partial charge is 0.122 e. The second kappa shape index (κ2) is 7.36. The molecule has 0 amide bonds. The number of anilines is 1. The van der Waals surface area contributed by atoms with Crippen molar-refractivity contribution in [1.29, 1.82) is 0 Å². The molecule has 0 aliphatic carbocycles. The second-order valence-electron chi connectivity index (χ2n) is 5.33. The zero-order chi connectivity index (χ0) is 14.4. The Morgan fingerprint density at radius 2 is 1.89 bits per heavy atom. The molecule has 0 radical (unpaired) electrons. The van der Waals surface area contributed by atoms with Crippen LogP contribution in [0.3, 0.4) is 0 Å². The van der Waals surface area contributed by atoms with E-state index < -0.39 is 0 Å². The van der Waals surface area contributed by atoms with Crippen molar-refractivity contribution in [2.45, 2.75) is 19.4 Å². The first-order chi connectivity index (χ1) is 8.95. The van der Waals surface area contributed by atoms with Gasteiger partial charge < -0.3 is 20.2 Å². The van der Waals surface area contributed by atoms with Gasteiger partial charge >= 0.3 is 0 Å². The molecule has 0 saturated carbocycles. The molecule has 1 rings (SSSR count). The molecule has 0 bridgehead atoms. The van der Waals surface area contributed by atoms with Crippen molar-refractivity contribution in [3.05, 3.63) is 23.8 Å². The van der Waals surface area contributed by atoms with Crippen LogP contribution < -0.4 is 10.2 Å². The molecule has 1 unspecified atom stereocenters. The molecule has 0 saturated heterocycles. The quantitative estimate of drug-likeness (QED) is 0.791. The zero-order valence-corrected chi connectivity index (χ0v) is 12.8. The normalized spacial score (nSPS) is 12.7. The van der Waals surface area contributed by atoms with Gasteiger partial charge in [0.1, 0.15) is 5.75 Å². The van der Waals surface area contributed by atoms with Crippen LogP contribution in [0.15, 0.2) is 18.2 Å². The highest BCUT2D eigenvalue weighted by Gasteiger charge is 2.10. The summed E-state index contributed by atoms with van der Waals surface area (Å²) in [6.45, 7) is 4.10. The van der Waals surface area contributed by atoms with Gasteiger partial charge in [0.15, 0.2) is 0 Å². The Hall–Kier alpha value is -1.26. The molecular formula is C15H27N3O. The van der Waals surface area contributed by atoms with E-state index in [-0.39, 0.29) is 6.04 Å². The fourth-order valence-electron chi connectivity index (χ4n) is 2.04. The van der Waals surface area contributed by atoms with Crippen molar-refractivity contribution in [3.8, 4) is 5.75 Å². The minimum Gasteiger partial charge on any atom is -0.508 e. The first-order valence-corrected chi connectivity index (χ1v) is 6.81. The average molecular weight is 265 g/mol. The molecule has 1 aromatic rings. The van der Waals surface area contributed by atoms with E-state index in [0.29, 0.717) is 5.75 Å². The zero-order valence-electron chi connectivity index (χ0n) is 12.8. The first-order valence-electron chi connectivity index (χ1n) is 6.81. The predicted molar refractivity (Wildman–Crippen MR) is 82.0 cm³/mol. The highest BCUT2D eigenvalue weighted by atomic mass is 16.3. The molecule has 4 nitrogen and oxygen atoms in total. The molecule has 0 aliphatic rings. The summed E-state index contributed by atoms with van der Waals surface area (Å²) >= 11 is 0. The predicted octanol–water partition coefficient (Wildman–Crippen LogP) is 2.06. The van der Waals surface area contributed by atoms with E-state index in [2.05, 4.69) is 42.3 Å². The monoisotopic (exact) mass is 265 g/mol. The Morgan fingerprint density at radius 1 is 1.21 bits per heavy atom. The lowest BCUT2D eigenvalue weighted by Crippen LogP contribution is -2.23.